The van der Waals surface area contributed by atoms with Gasteiger partial charge in [0.1, 0.15) is 17.3 Å². The summed E-state index contributed by atoms with van der Waals surface area (Å²) in [6, 6.07) is 3.35. The topological polar surface area (TPSA) is 76.4 Å². The van der Waals surface area contributed by atoms with Gasteiger partial charge in [-0.15, -0.1) is 6.42 Å². The molecule has 0 saturated heterocycles. The van der Waals surface area contributed by atoms with Gasteiger partial charge in [0.05, 0.1) is 12.8 Å². The SMILES string of the molecule is C#CCS(=O)(=O)CC(=O)NCc1ccco1. The number of rotatable bonds is 5. The Morgan fingerprint density at radius 1 is 1.56 bits per heavy atom. The summed E-state index contributed by atoms with van der Waals surface area (Å²) in [5, 5.41) is 2.42. The zero-order valence-corrected chi connectivity index (χ0v) is 9.29. The number of furan rings is 1. The van der Waals surface area contributed by atoms with Crippen molar-refractivity contribution in [2.75, 3.05) is 11.5 Å². The average Bonchev–Trinajstić information content (AvgIpc) is 2.66. The molecular formula is C10H11NO4S. The normalized spacial score (nSPS) is 10.7. The van der Waals surface area contributed by atoms with Crippen molar-refractivity contribution in [2.45, 2.75) is 6.54 Å². The Hall–Kier alpha value is -1.74. The highest BCUT2D eigenvalue weighted by Crippen LogP contribution is 1.98. The molecule has 6 heteroatoms. The van der Waals surface area contributed by atoms with E-state index < -0.39 is 27.3 Å². The molecule has 1 aromatic heterocycles. The van der Waals surface area contributed by atoms with Crippen LogP contribution in [0.4, 0.5) is 0 Å². The van der Waals surface area contributed by atoms with Crippen LogP contribution in [0, 0.1) is 12.3 Å². The minimum absolute atomic E-state index is 0.164. The Morgan fingerprint density at radius 2 is 2.31 bits per heavy atom. The van der Waals surface area contributed by atoms with Crippen LogP contribution in [0.2, 0.25) is 0 Å². The molecule has 0 spiro atoms. The Balaban J connectivity index is 2.40. The molecule has 0 aromatic carbocycles. The second kappa shape index (κ2) is 5.37. The number of carbonyl (C=O) groups is 1. The quantitative estimate of drug-likeness (QED) is 0.733. The predicted molar refractivity (Wildman–Crippen MR) is 58.0 cm³/mol. The summed E-state index contributed by atoms with van der Waals surface area (Å²) in [7, 11) is -3.50. The van der Waals surface area contributed by atoms with Crippen LogP contribution in [-0.4, -0.2) is 25.8 Å². The second-order valence-electron chi connectivity index (χ2n) is 3.09. The number of terminal acetylenes is 1. The number of nitrogens with one attached hydrogen (secondary N) is 1. The van der Waals surface area contributed by atoms with Crippen LogP contribution in [0.15, 0.2) is 22.8 Å². The van der Waals surface area contributed by atoms with E-state index in [-0.39, 0.29) is 6.54 Å². The molecule has 1 rings (SSSR count). The minimum atomic E-state index is -3.50. The van der Waals surface area contributed by atoms with E-state index in [9.17, 15) is 13.2 Å². The monoisotopic (exact) mass is 241 g/mol. The molecule has 0 aliphatic rings. The Bertz CT molecular complexity index is 481. The summed E-state index contributed by atoms with van der Waals surface area (Å²) in [4.78, 5) is 11.2. The van der Waals surface area contributed by atoms with Gasteiger partial charge in [0.15, 0.2) is 9.84 Å². The molecule has 0 radical (unpaired) electrons. The van der Waals surface area contributed by atoms with Gasteiger partial charge in [-0.1, -0.05) is 5.92 Å². The molecule has 1 N–H and O–H groups in total. The number of hydrogen-bond donors (Lipinski definition) is 1. The fourth-order valence-corrected chi connectivity index (χ4v) is 1.89. The van der Waals surface area contributed by atoms with Gasteiger partial charge in [0.2, 0.25) is 5.91 Å². The third-order valence-corrected chi connectivity index (χ3v) is 3.00. The smallest absolute Gasteiger partial charge is 0.235 e. The first-order valence-corrected chi connectivity index (χ1v) is 6.28. The van der Waals surface area contributed by atoms with Crippen molar-refractivity contribution < 1.29 is 17.6 Å². The van der Waals surface area contributed by atoms with Gasteiger partial charge >= 0.3 is 0 Å². The summed E-state index contributed by atoms with van der Waals surface area (Å²) in [6.07, 6.45) is 6.33. The Kier molecular flexibility index (Phi) is 4.14. The molecule has 0 aliphatic carbocycles. The molecule has 1 heterocycles. The molecule has 0 unspecified atom stereocenters. The van der Waals surface area contributed by atoms with E-state index in [4.69, 9.17) is 10.8 Å². The molecule has 0 fully saturated rings. The number of amides is 1. The van der Waals surface area contributed by atoms with Crippen LogP contribution in [0.3, 0.4) is 0 Å². The van der Waals surface area contributed by atoms with Crippen molar-refractivity contribution in [2.24, 2.45) is 0 Å². The van der Waals surface area contributed by atoms with Gasteiger partial charge in [-0.05, 0) is 12.1 Å². The Morgan fingerprint density at radius 3 is 2.88 bits per heavy atom. The zero-order chi connectivity index (χ0) is 12.0. The molecule has 1 amide bonds. The minimum Gasteiger partial charge on any atom is -0.467 e. The van der Waals surface area contributed by atoms with Gasteiger partial charge in [-0.25, -0.2) is 8.42 Å². The fourth-order valence-electron chi connectivity index (χ4n) is 1.03. The van der Waals surface area contributed by atoms with E-state index in [0.29, 0.717) is 5.76 Å². The fraction of sp³-hybridized carbons (Fsp3) is 0.300. The van der Waals surface area contributed by atoms with Crippen molar-refractivity contribution in [1.29, 1.82) is 0 Å². The Labute approximate surface area is 93.8 Å². The first-order valence-electron chi connectivity index (χ1n) is 4.46. The third kappa shape index (κ3) is 4.19. The molecule has 0 saturated carbocycles. The summed E-state index contributed by atoms with van der Waals surface area (Å²) < 4.78 is 27.3. The zero-order valence-electron chi connectivity index (χ0n) is 8.47. The van der Waals surface area contributed by atoms with Crippen LogP contribution >= 0.6 is 0 Å². The van der Waals surface area contributed by atoms with Crippen molar-refractivity contribution in [3.63, 3.8) is 0 Å². The first kappa shape index (κ1) is 12.3. The molecular weight excluding hydrogens is 230 g/mol. The van der Waals surface area contributed by atoms with Crippen molar-refractivity contribution in [1.82, 2.24) is 5.32 Å². The van der Waals surface area contributed by atoms with Crippen LogP contribution in [-0.2, 0) is 21.2 Å². The second-order valence-corrected chi connectivity index (χ2v) is 5.16. The third-order valence-electron chi connectivity index (χ3n) is 1.69. The summed E-state index contributed by atoms with van der Waals surface area (Å²) in [5.41, 5.74) is 0. The standard InChI is InChI=1S/C10H11NO4S/c1-2-6-16(13,14)8-10(12)11-7-9-4-3-5-15-9/h1,3-5H,6-8H2,(H,11,12). The van der Waals surface area contributed by atoms with Crippen LogP contribution in [0.5, 0.6) is 0 Å². The summed E-state index contributed by atoms with van der Waals surface area (Å²) in [5.74, 6) is 0.935. The van der Waals surface area contributed by atoms with Gasteiger partial charge in [-0.2, -0.15) is 0 Å². The molecule has 0 bridgehead atoms. The molecule has 0 aliphatic heterocycles. The molecule has 16 heavy (non-hydrogen) atoms. The van der Waals surface area contributed by atoms with Gasteiger partial charge in [-0.3, -0.25) is 4.79 Å². The number of sulfone groups is 1. The highest BCUT2D eigenvalue weighted by atomic mass is 32.2. The molecule has 1 aromatic rings. The van der Waals surface area contributed by atoms with Gasteiger partial charge in [0, 0.05) is 0 Å². The lowest BCUT2D eigenvalue weighted by Gasteiger charge is -2.02. The first-order chi connectivity index (χ1) is 7.53. The maximum Gasteiger partial charge on any atom is 0.235 e. The van der Waals surface area contributed by atoms with E-state index in [1.54, 1.807) is 12.1 Å². The average molecular weight is 241 g/mol. The van der Waals surface area contributed by atoms with Crippen molar-refractivity contribution in [3.8, 4) is 12.3 Å². The highest BCUT2D eigenvalue weighted by Gasteiger charge is 2.15. The van der Waals surface area contributed by atoms with Crippen molar-refractivity contribution in [3.05, 3.63) is 24.2 Å². The van der Waals surface area contributed by atoms with E-state index in [0.717, 1.165) is 0 Å². The summed E-state index contributed by atoms with van der Waals surface area (Å²) >= 11 is 0. The van der Waals surface area contributed by atoms with Gasteiger partial charge < -0.3 is 9.73 Å². The van der Waals surface area contributed by atoms with E-state index >= 15 is 0 Å². The lowest BCUT2D eigenvalue weighted by molar-refractivity contribution is -0.118. The maximum absolute atomic E-state index is 11.2. The van der Waals surface area contributed by atoms with E-state index in [1.165, 1.54) is 6.26 Å². The van der Waals surface area contributed by atoms with Crippen LogP contribution in [0.1, 0.15) is 5.76 Å². The van der Waals surface area contributed by atoms with Crippen molar-refractivity contribution >= 4 is 15.7 Å². The van der Waals surface area contributed by atoms with E-state index in [2.05, 4.69) is 5.32 Å². The summed E-state index contributed by atoms with van der Waals surface area (Å²) in [6.45, 7) is 0.164. The maximum atomic E-state index is 11.2. The van der Waals surface area contributed by atoms with Gasteiger partial charge in [0.25, 0.3) is 0 Å². The lowest BCUT2D eigenvalue weighted by Crippen LogP contribution is -2.30. The lowest BCUT2D eigenvalue weighted by atomic mass is 10.4. The molecule has 86 valence electrons. The highest BCUT2D eigenvalue weighted by molar-refractivity contribution is 7.92. The molecule has 0 atom stereocenters. The predicted octanol–water partition coefficient (Wildman–Crippen LogP) is -0.0562. The van der Waals surface area contributed by atoms with Crippen LogP contribution < -0.4 is 5.32 Å². The number of hydrogen-bond acceptors (Lipinski definition) is 4. The van der Waals surface area contributed by atoms with E-state index in [1.807, 2.05) is 5.92 Å². The molecule has 5 nitrogen and oxygen atoms in total. The number of carbonyl (C=O) groups excluding carboxylic acids is 1. The van der Waals surface area contributed by atoms with Crippen LogP contribution in [0.25, 0.3) is 0 Å². The largest absolute Gasteiger partial charge is 0.467 e.